The molecule has 0 aromatic heterocycles. The highest BCUT2D eigenvalue weighted by molar-refractivity contribution is 7.47. The molecule has 1 saturated heterocycles. The zero-order chi connectivity index (χ0) is 44.0. The standard InChI is InChI=1S/C45H77O14P/c1-3-5-7-8-9-10-11-12-13-14-15-16-20-23-27-31-38(46)55-33-35(34-56-60(53,54)59-45-43(51)41(49)40(48)42(50)44(45)52)57-39(47)32-28-24-21-18-17-19-22-26-30-37-36(58-37)29-25-6-4-2/h9-10,12-13,15-16,22,26,35-37,40-45,48-52H,3-8,11,14,17-21,23-25,27-34H2,1-2H3,(H,53,54)/b10-9-,13-12-,16-15-,26-22-/t35-,36?,37?,40?,41-,42+,43-,44-,45?/m1/s1. The first-order chi connectivity index (χ1) is 28.9. The van der Waals surface area contributed by atoms with Crippen LogP contribution in [0.2, 0.25) is 0 Å². The summed E-state index contributed by atoms with van der Waals surface area (Å²) in [5.74, 6) is -1.17. The second kappa shape index (κ2) is 32.4. The maximum atomic E-state index is 12.8. The van der Waals surface area contributed by atoms with Crippen molar-refractivity contribution in [1.29, 1.82) is 0 Å². The van der Waals surface area contributed by atoms with Crippen LogP contribution in [-0.4, -0.2) is 111 Å². The Bertz CT molecular complexity index is 1300. The van der Waals surface area contributed by atoms with Gasteiger partial charge in [-0.15, -0.1) is 0 Å². The van der Waals surface area contributed by atoms with E-state index in [4.69, 9.17) is 23.3 Å². The summed E-state index contributed by atoms with van der Waals surface area (Å²) in [6, 6.07) is 0. The SMILES string of the molecule is CCCCC/C=C\C/C=C\C/C=C\CCCCC(=O)OC[C@H](COP(=O)(O)OC1[C@H](O)[C@H](O)C(O)[C@H](O)[C@H]1O)OC(=O)CCCCCCC/C=C\CC1OC1CCCCC. The van der Waals surface area contributed by atoms with Crippen molar-refractivity contribution in [2.45, 2.75) is 210 Å². The molecule has 0 radical (unpaired) electrons. The highest BCUT2D eigenvalue weighted by Crippen LogP contribution is 2.47. The van der Waals surface area contributed by atoms with Gasteiger partial charge in [0.25, 0.3) is 0 Å². The molecule has 60 heavy (non-hydrogen) atoms. The summed E-state index contributed by atoms with van der Waals surface area (Å²) < 4.78 is 39.2. The number of ether oxygens (including phenoxy) is 3. The van der Waals surface area contributed by atoms with E-state index in [1.807, 2.05) is 0 Å². The van der Waals surface area contributed by atoms with Crippen molar-refractivity contribution in [2.75, 3.05) is 13.2 Å². The minimum absolute atomic E-state index is 0.0660. The lowest BCUT2D eigenvalue weighted by Crippen LogP contribution is -2.64. The van der Waals surface area contributed by atoms with Crippen LogP contribution in [0.4, 0.5) is 0 Å². The predicted octanol–water partition coefficient (Wildman–Crippen LogP) is 7.38. The van der Waals surface area contributed by atoms with Crippen LogP contribution >= 0.6 is 7.82 Å². The molecule has 0 spiro atoms. The van der Waals surface area contributed by atoms with E-state index in [-0.39, 0.29) is 12.8 Å². The van der Waals surface area contributed by atoms with Crippen LogP contribution in [-0.2, 0) is 37.4 Å². The predicted molar refractivity (Wildman–Crippen MR) is 230 cm³/mol. The molecule has 0 amide bonds. The van der Waals surface area contributed by atoms with Gasteiger partial charge >= 0.3 is 19.8 Å². The number of hydrogen-bond donors (Lipinski definition) is 6. The van der Waals surface area contributed by atoms with Crippen molar-refractivity contribution in [3.63, 3.8) is 0 Å². The molecule has 15 heteroatoms. The zero-order valence-corrected chi connectivity index (χ0v) is 37.1. The van der Waals surface area contributed by atoms with Gasteiger partial charge in [0.1, 0.15) is 43.2 Å². The zero-order valence-electron chi connectivity index (χ0n) is 36.2. The van der Waals surface area contributed by atoms with E-state index >= 15 is 0 Å². The molecule has 346 valence electrons. The van der Waals surface area contributed by atoms with Crippen molar-refractivity contribution >= 4 is 19.8 Å². The third kappa shape index (κ3) is 24.4. The minimum Gasteiger partial charge on any atom is -0.462 e. The summed E-state index contributed by atoms with van der Waals surface area (Å²) in [6.07, 6.45) is 24.8. The van der Waals surface area contributed by atoms with E-state index in [0.29, 0.717) is 25.0 Å². The summed E-state index contributed by atoms with van der Waals surface area (Å²) in [4.78, 5) is 35.7. The molecule has 1 aliphatic carbocycles. The van der Waals surface area contributed by atoms with Crippen LogP contribution in [0.25, 0.3) is 0 Å². The lowest BCUT2D eigenvalue weighted by molar-refractivity contribution is -0.220. The van der Waals surface area contributed by atoms with E-state index in [2.05, 4.69) is 62.5 Å². The van der Waals surface area contributed by atoms with Gasteiger partial charge < -0.3 is 44.6 Å². The van der Waals surface area contributed by atoms with Crippen molar-refractivity contribution in [3.8, 4) is 0 Å². The molecule has 14 nitrogen and oxygen atoms in total. The Morgan fingerprint density at radius 3 is 1.75 bits per heavy atom. The van der Waals surface area contributed by atoms with Crippen LogP contribution in [0.15, 0.2) is 48.6 Å². The van der Waals surface area contributed by atoms with Crippen LogP contribution in [0.3, 0.4) is 0 Å². The molecular weight excluding hydrogens is 795 g/mol. The third-order valence-electron chi connectivity index (χ3n) is 10.6. The van der Waals surface area contributed by atoms with E-state index < -0.39 is 75.7 Å². The van der Waals surface area contributed by atoms with Crippen molar-refractivity contribution in [3.05, 3.63) is 48.6 Å². The van der Waals surface area contributed by atoms with E-state index in [0.717, 1.165) is 77.0 Å². The average Bonchev–Trinajstić information content (AvgIpc) is 3.98. The van der Waals surface area contributed by atoms with Gasteiger partial charge in [0.05, 0.1) is 18.8 Å². The number of esters is 2. The fraction of sp³-hybridized carbons (Fsp3) is 0.778. The summed E-state index contributed by atoms with van der Waals surface area (Å²) in [7, 11) is -5.13. The first-order valence-corrected chi connectivity index (χ1v) is 24.1. The number of epoxide rings is 1. The number of aliphatic hydroxyl groups excluding tert-OH is 5. The van der Waals surface area contributed by atoms with Crippen LogP contribution in [0, 0.1) is 0 Å². The summed E-state index contributed by atoms with van der Waals surface area (Å²) in [6.45, 7) is 3.17. The molecule has 10 atom stereocenters. The maximum absolute atomic E-state index is 12.8. The number of unbranched alkanes of at least 4 members (excludes halogenated alkanes) is 12. The van der Waals surface area contributed by atoms with Crippen LogP contribution in [0.1, 0.15) is 155 Å². The Morgan fingerprint density at radius 1 is 0.600 bits per heavy atom. The summed E-state index contributed by atoms with van der Waals surface area (Å²) in [5.41, 5.74) is 0. The topological polar surface area (TPSA) is 222 Å². The molecule has 2 fully saturated rings. The second-order valence-electron chi connectivity index (χ2n) is 15.9. The summed E-state index contributed by atoms with van der Waals surface area (Å²) in [5, 5.41) is 50.1. The molecular formula is C45H77O14P. The number of hydrogen-bond acceptors (Lipinski definition) is 13. The fourth-order valence-corrected chi connectivity index (χ4v) is 7.74. The Kier molecular flexibility index (Phi) is 29.1. The lowest BCUT2D eigenvalue weighted by Gasteiger charge is -2.41. The van der Waals surface area contributed by atoms with Gasteiger partial charge in [-0.25, -0.2) is 4.57 Å². The lowest BCUT2D eigenvalue weighted by atomic mass is 9.85. The molecule has 0 aromatic rings. The molecule has 1 aliphatic heterocycles. The Hall–Kier alpha value is -2.23. The van der Waals surface area contributed by atoms with E-state index in [1.54, 1.807) is 0 Å². The quantitative estimate of drug-likeness (QED) is 0.0120. The molecule has 0 bridgehead atoms. The second-order valence-corrected chi connectivity index (χ2v) is 17.3. The molecule has 1 saturated carbocycles. The molecule has 1 heterocycles. The van der Waals surface area contributed by atoms with Gasteiger partial charge in [0.2, 0.25) is 0 Å². The average molecular weight is 873 g/mol. The van der Waals surface area contributed by atoms with Crippen LogP contribution in [0.5, 0.6) is 0 Å². The van der Waals surface area contributed by atoms with Gasteiger partial charge in [-0.1, -0.05) is 114 Å². The molecule has 2 rings (SSSR count). The third-order valence-corrected chi connectivity index (χ3v) is 11.6. The first kappa shape index (κ1) is 53.9. The minimum atomic E-state index is -5.13. The number of carbonyl (C=O) groups is 2. The maximum Gasteiger partial charge on any atom is 0.472 e. The highest BCUT2D eigenvalue weighted by Gasteiger charge is 2.51. The van der Waals surface area contributed by atoms with E-state index in [1.165, 1.54) is 38.5 Å². The number of aliphatic hydroxyl groups is 5. The van der Waals surface area contributed by atoms with Gasteiger partial charge in [0, 0.05) is 12.8 Å². The van der Waals surface area contributed by atoms with Crippen LogP contribution < -0.4 is 0 Å². The molecule has 0 aromatic carbocycles. The van der Waals surface area contributed by atoms with Gasteiger partial charge in [-0.05, 0) is 77.0 Å². The molecule has 2 aliphatic rings. The Morgan fingerprint density at radius 2 is 1.10 bits per heavy atom. The first-order valence-electron chi connectivity index (χ1n) is 22.6. The number of allylic oxidation sites excluding steroid dienone is 7. The van der Waals surface area contributed by atoms with Crippen molar-refractivity contribution in [2.24, 2.45) is 0 Å². The monoisotopic (exact) mass is 873 g/mol. The van der Waals surface area contributed by atoms with Gasteiger partial charge in [-0.3, -0.25) is 18.6 Å². The van der Waals surface area contributed by atoms with Gasteiger partial charge in [0.15, 0.2) is 6.10 Å². The molecule has 6 N–H and O–H groups in total. The van der Waals surface area contributed by atoms with Gasteiger partial charge in [-0.2, -0.15) is 0 Å². The number of phosphoric acid groups is 1. The smallest absolute Gasteiger partial charge is 0.462 e. The number of rotatable bonds is 35. The Labute approximate surface area is 358 Å². The summed E-state index contributed by atoms with van der Waals surface area (Å²) >= 11 is 0. The Balaban J connectivity index is 1.74. The number of phosphoric ester groups is 1. The number of carbonyl (C=O) groups excluding carboxylic acids is 2. The van der Waals surface area contributed by atoms with E-state index in [9.17, 15) is 44.6 Å². The van der Waals surface area contributed by atoms with Crippen molar-refractivity contribution < 1.29 is 67.8 Å². The highest BCUT2D eigenvalue weighted by atomic mass is 31.2. The molecule has 5 unspecified atom stereocenters. The fourth-order valence-electron chi connectivity index (χ4n) is 6.77. The normalized spacial score (nSPS) is 26.0. The largest absolute Gasteiger partial charge is 0.472 e. The van der Waals surface area contributed by atoms with Crippen molar-refractivity contribution in [1.82, 2.24) is 0 Å².